The van der Waals surface area contributed by atoms with E-state index in [1.54, 1.807) is 0 Å². The van der Waals surface area contributed by atoms with Gasteiger partial charge in [0, 0.05) is 0 Å². The molecule has 1 aliphatic heterocycles. The predicted octanol–water partition coefficient (Wildman–Crippen LogP) is 7.49. The van der Waals surface area contributed by atoms with Crippen LogP contribution in [-0.4, -0.2) is 19.3 Å². The van der Waals surface area contributed by atoms with Crippen molar-refractivity contribution in [2.24, 2.45) is 0 Å². The Kier molecular flexibility index (Phi) is 12.3. The number of hydrogen-bond acceptors (Lipinski definition) is 2. The minimum absolute atomic E-state index is 0.333. The van der Waals surface area contributed by atoms with Gasteiger partial charge in [-0.1, -0.05) is 109 Å². The minimum atomic E-state index is 0.333. The standard InChI is InChI=1S/C25H42O2/c1-2-3-4-5-6-7-8-9-10-11-12-13-14-15-18-23-19-16-17-20-25(23)27-22-24-21-26-24/h16-17,19-20,24H,2-15,18,21-22H2,1H3. The van der Waals surface area contributed by atoms with E-state index in [2.05, 4.69) is 31.2 Å². The second-order valence-corrected chi connectivity index (χ2v) is 8.22. The summed E-state index contributed by atoms with van der Waals surface area (Å²) in [4.78, 5) is 0. The third-order valence-corrected chi connectivity index (χ3v) is 5.60. The van der Waals surface area contributed by atoms with Crippen LogP contribution in [-0.2, 0) is 11.2 Å². The molecular formula is C25H42O2. The first kappa shape index (κ1) is 22.3. The molecule has 0 radical (unpaired) electrons. The summed E-state index contributed by atoms with van der Waals surface area (Å²) < 4.78 is 11.1. The SMILES string of the molecule is CCCCCCCCCCCCCCCCc1ccccc1OCC1CO1. The molecule has 0 saturated carbocycles. The highest BCUT2D eigenvalue weighted by Gasteiger charge is 2.23. The van der Waals surface area contributed by atoms with E-state index >= 15 is 0 Å². The first-order valence-electron chi connectivity index (χ1n) is 11.7. The molecule has 0 spiro atoms. The van der Waals surface area contributed by atoms with Gasteiger partial charge in [-0.15, -0.1) is 0 Å². The van der Waals surface area contributed by atoms with E-state index in [1.807, 2.05) is 0 Å². The predicted molar refractivity (Wildman–Crippen MR) is 116 cm³/mol. The zero-order chi connectivity index (χ0) is 19.0. The Hall–Kier alpha value is -1.02. The zero-order valence-electron chi connectivity index (χ0n) is 17.7. The molecule has 0 bridgehead atoms. The Morgan fingerprint density at radius 3 is 1.85 bits per heavy atom. The van der Waals surface area contributed by atoms with Crippen LogP contribution in [0.1, 0.15) is 102 Å². The van der Waals surface area contributed by atoms with E-state index < -0.39 is 0 Å². The Morgan fingerprint density at radius 2 is 1.30 bits per heavy atom. The largest absolute Gasteiger partial charge is 0.491 e. The smallest absolute Gasteiger partial charge is 0.122 e. The molecule has 1 aromatic rings. The lowest BCUT2D eigenvalue weighted by Gasteiger charge is -2.10. The molecule has 1 fully saturated rings. The van der Waals surface area contributed by atoms with Gasteiger partial charge in [0.2, 0.25) is 0 Å². The molecule has 1 saturated heterocycles. The molecule has 2 nitrogen and oxygen atoms in total. The van der Waals surface area contributed by atoms with Crippen LogP contribution in [0.5, 0.6) is 5.75 Å². The Labute approximate surface area is 168 Å². The fourth-order valence-corrected chi connectivity index (χ4v) is 3.71. The molecule has 1 heterocycles. The number of hydrogen-bond donors (Lipinski definition) is 0. The molecule has 0 N–H and O–H groups in total. The van der Waals surface area contributed by atoms with Crippen LogP contribution in [0.2, 0.25) is 0 Å². The molecule has 1 aromatic carbocycles. The molecule has 0 amide bonds. The third kappa shape index (κ3) is 11.4. The number of benzene rings is 1. The normalized spacial score (nSPS) is 15.8. The lowest BCUT2D eigenvalue weighted by Crippen LogP contribution is -2.05. The van der Waals surface area contributed by atoms with Crippen LogP contribution in [0.15, 0.2) is 24.3 Å². The van der Waals surface area contributed by atoms with E-state index in [0.717, 1.165) is 18.8 Å². The molecular weight excluding hydrogens is 332 g/mol. The molecule has 2 heteroatoms. The number of epoxide rings is 1. The van der Waals surface area contributed by atoms with E-state index in [4.69, 9.17) is 9.47 Å². The Morgan fingerprint density at radius 1 is 0.778 bits per heavy atom. The molecule has 1 aliphatic rings. The van der Waals surface area contributed by atoms with Crippen LogP contribution in [0, 0.1) is 0 Å². The van der Waals surface area contributed by atoms with Gasteiger partial charge in [-0.2, -0.15) is 0 Å². The fraction of sp³-hybridized carbons (Fsp3) is 0.760. The van der Waals surface area contributed by atoms with Gasteiger partial charge in [0.1, 0.15) is 18.5 Å². The van der Waals surface area contributed by atoms with E-state index in [-0.39, 0.29) is 0 Å². The lowest BCUT2D eigenvalue weighted by atomic mass is 10.0. The van der Waals surface area contributed by atoms with Gasteiger partial charge in [0.25, 0.3) is 0 Å². The van der Waals surface area contributed by atoms with Crippen molar-refractivity contribution in [3.05, 3.63) is 29.8 Å². The number of rotatable bonds is 18. The summed E-state index contributed by atoms with van der Waals surface area (Å²) in [5.41, 5.74) is 1.36. The molecule has 154 valence electrons. The number of unbranched alkanes of at least 4 members (excludes halogenated alkanes) is 13. The van der Waals surface area contributed by atoms with Crippen molar-refractivity contribution >= 4 is 0 Å². The molecule has 1 unspecified atom stereocenters. The Bertz CT molecular complexity index is 467. The van der Waals surface area contributed by atoms with Crippen LogP contribution >= 0.6 is 0 Å². The number of ether oxygens (including phenoxy) is 2. The van der Waals surface area contributed by atoms with Gasteiger partial charge < -0.3 is 9.47 Å². The van der Waals surface area contributed by atoms with E-state index in [9.17, 15) is 0 Å². The monoisotopic (exact) mass is 374 g/mol. The number of aryl methyl sites for hydroxylation is 1. The van der Waals surface area contributed by atoms with Crippen LogP contribution in [0.4, 0.5) is 0 Å². The number of para-hydroxylation sites is 1. The van der Waals surface area contributed by atoms with Crippen molar-refractivity contribution in [3.63, 3.8) is 0 Å². The maximum Gasteiger partial charge on any atom is 0.122 e. The molecule has 2 rings (SSSR count). The van der Waals surface area contributed by atoms with Gasteiger partial charge >= 0.3 is 0 Å². The lowest BCUT2D eigenvalue weighted by molar-refractivity contribution is 0.261. The van der Waals surface area contributed by atoms with Crippen molar-refractivity contribution in [2.75, 3.05) is 13.2 Å². The van der Waals surface area contributed by atoms with Crippen molar-refractivity contribution in [1.82, 2.24) is 0 Å². The molecule has 0 aromatic heterocycles. The van der Waals surface area contributed by atoms with Crippen LogP contribution in [0.25, 0.3) is 0 Å². The highest BCUT2D eigenvalue weighted by atomic mass is 16.6. The van der Waals surface area contributed by atoms with Gasteiger partial charge in [0.05, 0.1) is 6.61 Å². The van der Waals surface area contributed by atoms with Gasteiger partial charge in [0.15, 0.2) is 0 Å². The van der Waals surface area contributed by atoms with E-state index in [0.29, 0.717) is 12.7 Å². The summed E-state index contributed by atoms with van der Waals surface area (Å²) in [6, 6.07) is 8.50. The first-order chi connectivity index (χ1) is 13.4. The highest BCUT2D eigenvalue weighted by molar-refractivity contribution is 5.33. The summed E-state index contributed by atoms with van der Waals surface area (Å²) in [6.45, 7) is 3.86. The topological polar surface area (TPSA) is 21.8 Å². The maximum atomic E-state index is 5.91. The third-order valence-electron chi connectivity index (χ3n) is 5.60. The summed E-state index contributed by atoms with van der Waals surface area (Å²) >= 11 is 0. The molecule has 27 heavy (non-hydrogen) atoms. The zero-order valence-corrected chi connectivity index (χ0v) is 17.7. The van der Waals surface area contributed by atoms with Gasteiger partial charge in [-0.3, -0.25) is 0 Å². The molecule has 1 atom stereocenters. The fourth-order valence-electron chi connectivity index (χ4n) is 3.71. The van der Waals surface area contributed by atoms with E-state index in [1.165, 1.54) is 95.5 Å². The average Bonchev–Trinajstić information content (AvgIpc) is 3.52. The first-order valence-corrected chi connectivity index (χ1v) is 11.7. The quantitative estimate of drug-likeness (QED) is 0.196. The Balaban J connectivity index is 1.38. The van der Waals surface area contributed by atoms with Crippen molar-refractivity contribution < 1.29 is 9.47 Å². The second kappa shape index (κ2) is 15.0. The minimum Gasteiger partial charge on any atom is -0.491 e. The maximum absolute atomic E-state index is 5.91. The van der Waals surface area contributed by atoms with Crippen LogP contribution < -0.4 is 4.74 Å². The van der Waals surface area contributed by atoms with Gasteiger partial charge in [-0.25, -0.2) is 0 Å². The average molecular weight is 375 g/mol. The molecule has 0 aliphatic carbocycles. The second-order valence-electron chi connectivity index (χ2n) is 8.22. The van der Waals surface area contributed by atoms with Crippen molar-refractivity contribution in [1.29, 1.82) is 0 Å². The van der Waals surface area contributed by atoms with Gasteiger partial charge in [-0.05, 0) is 24.5 Å². The highest BCUT2D eigenvalue weighted by Crippen LogP contribution is 2.22. The van der Waals surface area contributed by atoms with Crippen LogP contribution in [0.3, 0.4) is 0 Å². The summed E-state index contributed by atoms with van der Waals surface area (Å²) in [5, 5.41) is 0. The van der Waals surface area contributed by atoms with Crippen molar-refractivity contribution in [2.45, 2.75) is 109 Å². The summed E-state index contributed by atoms with van der Waals surface area (Å²) in [6.07, 6.45) is 21.3. The van der Waals surface area contributed by atoms with Crippen molar-refractivity contribution in [3.8, 4) is 5.75 Å². The summed E-state index contributed by atoms with van der Waals surface area (Å²) in [5.74, 6) is 1.06. The summed E-state index contributed by atoms with van der Waals surface area (Å²) in [7, 11) is 0.